The van der Waals surface area contributed by atoms with Crippen LogP contribution < -0.4 is 5.69 Å². The summed E-state index contributed by atoms with van der Waals surface area (Å²) in [7, 11) is 0. The first-order chi connectivity index (χ1) is 12.7. The highest BCUT2D eigenvalue weighted by molar-refractivity contribution is 5.75. The Bertz CT molecular complexity index is 975. The summed E-state index contributed by atoms with van der Waals surface area (Å²) < 4.78 is 7.42. The SMILES string of the molecule is CC(c1nc(C2CC2)no1)N1CCC(n2c(=O)[nH]c3ccccc32)CC1. The zero-order chi connectivity index (χ0) is 17.7. The zero-order valence-corrected chi connectivity index (χ0v) is 14.9. The van der Waals surface area contributed by atoms with E-state index in [0.29, 0.717) is 5.92 Å². The van der Waals surface area contributed by atoms with Gasteiger partial charge < -0.3 is 9.51 Å². The van der Waals surface area contributed by atoms with Crippen LogP contribution in [0.3, 0.4) is 0 Å². The molecule has 1 saturated heterocycles. The minimum atomic E-state index is -0.0105. The minimum Gasteiger partial charge on any atom is -0.338 e. The molecule has 0 bridgehead atoms. The van der Waals surface area contributed by atoms with Crippen LogP contribution in [0.4, 0.5) is 0 Å². The number of likely N-dealkylation sites (tertiary alicyclic amines) is 1. The maximum atomic E-state index is 12.4. The van der Waals surface area contributed by atoms with Crippen molar-refractivity contribution in [3.8, 4) is 0 Å². The molecule has 1 N–H and O–H groups in total. The number of nitrogens with one attached hydrogen (secondary N) is 1. The predicted octanol–water partition coefficient (Wildman–Crippen LogP) is 2.99. The molecule has 1 unspecified atom stereocenters. The molecule has 3 heterocycles. The molecule has 26 heavy (non-hydrogen) atoms. The van der Waals surface area contributed by atoms with Gasteiger partial charge in [0.2, 0.25) is 5.89 Å². The van der Waals surface area contributed by atoms with Gasteiger partial charge in [-0.2, -0.15) is 4.98 Å². The van der Waals surface area contributed by atoms with Crippen molar-refractivity contribution in [1.82, 2.24) is 24.6 Å². The van der Waals surface area contributed by atoms with Crippen LogP contribution in [0.1, 0.15) is 62.3 Å². The Hall–Kier alpha value is -2.41. The zero-order valence-electron chi connectivity index (χ0n) is 14.9. The molecule has 2 fully saturated rings. The maximum Gasteiger partial charge on any atom is 0.326 e. The van der Waals surface area contributed by atoms with Gasteiger partial charge in [0.25, 0.3) is 0 Å². The summed E-state index contributed by atoms with van der Waals surface area (Å²) in [6.45, 7) is 3.96. The lowest BCUT2D eigenvalue weighted by molar-refractivity contribution is 0.122. The van der Waals surface area contributed by atoms with Crippen molar-refractivity contribution in [3.63, 3.8) is 0 Å². The molecule has 2 aromatic heterocycles. The third-order valence-corrected chi connectivity index (χ3v) is 5.79. The molecule has 5 rings (SSSR count). The number of aromatic nitrogens is 4. The van der Waals surface area contributed by atoms with Gasteiger partial charge in [0.1, 0.15) is 0 Å². The number of imidazole rings is 1. The summed E-state index contributed by atoms with van der Waals surface area (Å²) in [5.41, 5.74) is 1.89. The van der Waals surface area contributed by atoms with E-state index in [-0.39, 0.29) is 17.8 Å². The third-order valence-electron chi connectivity index (χ3n) is 5.79. The van der Waals surface area contributed by atoms with Crippen LogP contribution in [0.2, 0.25) is 0 Å². The highest BCUT2D eigenvalue weighted by Gasteiger charge is 2.32. The van der Waals surface area contributed by atoms with Crippen LogP contribution in [-0.4, -0.2) is 37.7 Å². The first kappa shape index (κ1) is 15.8. The Morgan fingerprint density at radius 3 is 2.73 bits per heavy atom. The van der Waals surface area contributed by atoms with E-state index in [1.54, 1.807) is 0 Å². The number of hydrogen-bond acceptors (Lipinski definition) is 5. The molecule has 7 heteroatoms. The Morgan fingerprint density at radius 1 is 1.19 bits per heavy atom. The van der Waals surface area contributed by atoms with Gasteiger partial charge in [-0.05, 0) is 44.7 Å². The average molecular weight is 353 g/mol. The minimum absolute atomic E-state index is 0.0105. The lowest BCUT2D eigenvalue weighted by atomic mass is 10.0. The predicted molar refractivity (Wildman–Crippen MR) is 97.1 cm³/mol. The second-order valence-electron chi connectivity index (χ2n) is 7.53. The number of piperidine rings is 1. The van der Waals surface area contributed by atoms with E-state index in [1.807, 2.05) is 28.8 Å². The number of rotatable bonds is 4. The normalized spacial score (nSPS) is 20.7. The number of nitrogens with zero attached hydrogens (tertiary/aromatic N) is 4. The molecule has 0 amide bonds. The highest BCUT2D eigenvalue weighted by Crippen LogP contribution is 2.39. The summed E-state index contributed by atoms with van der Waals surface area (Å²) in [4.78, 5) is 22.3. The summed E-state index contributed by atoms with van der Waals surface area (Å²) in [5.74, 6) is 2.10. The van der Waals surface area contributed by atoms with Crippen molar-refractivity contribution in [2.45, 2.75) is 50.6 Å². The fourth-order valence-corrected chi connectivity index (χ4v) is 4.05. The second-order valence-corrected chi connectivity index (χ2v) is 7.53. The largest absolute Gasteiger partial charge is 0.338 e. The first-order valence-electron chi connectivity index (χ1n) is 9.47. The fourth-order valence-electron chi connectivity index (χ4n) is 4.05. The van der Waals surface area contributed by atoms with Crippen molar-refractivity contribution in [2.24, 2.45) is 0 Å². The Labute approximate surface area is 151 Å². The fraction of sp³-hybridized carbons (Fsp3) is 0.526. The Balaban J connectivity index is 1.30. The molecule has 0 spiro atoms. The standard InChI is InChI=1S/C19H23N5O2/c1-12(18-21-17(22-26-18)13-6-7-13)23-10-8-14(9-11-23)24-16-5-3-2-4-15(16)20-19(24)25/h2-5,12-14H,6-11H2,1H3,(H,20,25). The molecule has 1 atom stereocenters. The highest BCUT2D eigenvalue weighted by atomic mass is 16.5. The lowest BCUT2D eigenvalue weighted by Crippen LogP contribution is -2.38. The van der Waals surface area contributed by atoms with Gasteiger partial charge in [-0.3, -0.25) is 9.47 Å². The van der Waals surface area contributed by atoms with Crippen molar-refractivity contribution < 1.29 is 4.52 Å². The van der Waals surface area contributed by atoms with E-state index < -0.39 is 0 Å². The van der Waals surface area contributed by atoms with E-state index >= 15 is 0 Å². The molecule has 3 aromatic rings. The van der Waals surface area contributed by atoms with Crippen molar-refractivity contribution >= 4 is 11.0 Å². The quantitative estimate of drug-likeness (QED) is 0.780. The monoisotopic (exact) mass is 353 g/mol. The maximum absolute atomic E-state index is 12.4. The smallest absolute Gasteiger partial charge is 0.326 e. The number of H-pyrrole nitrogens is 1. The van der Waals surface area contributed by atoms with Gasteiger partial charge in [0, 0.05) is 25.0 Å². The van der Waals surface area contributed by atoms with Gasteiger partial charge in [-0.1, -0.05) is 17.3 Å². The first-order valence-corrected chi connectivity index (χ1v) is 9.47. The Kier molecular flexibility index (Phi) is 3.70. The van der Waals surface area contributed by atoms with Crippen molar-refractivity contribution in [3.05, 3.63) is 46.5 Å². The van der Waals surface area contributed by atoms with Crippen molar-refractivity contribution in [2.75, 3.05) is 13.1 Å². The van der Waals surface area contributed by atoms with Gasteiger partial charge in [-0.15, -0.1) is 0 Å². The van der Waals surface area contributed by atoms with E-state index in [2.05, 4.69) is 26.9 Å². The van der Waals surface area contributed by atoms with Crippen LogP contribution in [0.15, 0.2) is 33.6 Å². The number of aromatic amines is 1. The summed E-state index contributed by atoms with van der Waals surface area (Å²) >= 11 is 0. The number of para-hydroxylation sites is 2. The summed E-state index contributed by atoms with van der Waals surface area (Å²) in [6.07, 6.45) is 4.24. The van der Waals surface area contributed by atoms with Crippen molar-refractivity contribution in [1.29, 1.82) is 0 Å². The van der Waals surface area contributed by atoms with Crippen LogP contribution >= 0.6 is 0 Å². The lowest BCUT2D eigenvalue weighted by Gasteiger charge is -2.34. The third kappa shape index (κ3) is 2.67. The van der Waals surface area contributed by atoms with E-state index in [1.165, 1.54) is 12.8 Å². The van der Waals surface area contributed by atoms with Crippen LogP contribution in [-0.2, 0) is 0 Å². The summed E-state index contributed by atoms with van der Waals surface area (Å²) in [6, 6.07) is 8.25. The topological polar surface area (TPSA) is 79.9 Å². The molecule has 7 nitrogen and oxygen atoms in total. The van der Waals surface area contributed by atoms with Crippen LogP contribution in [0.5, 0.6) is 0 Å². The average Bonchev–Trinajstić information content (AvgIpc) is 3.29. The molecule has 1 aromatic carbocycles. The van der Waals surface area contributed by atoms with Gasteiger partial charge in [0.05, 0.1) is 17.1 Å². The molecule has 136 valence electrons. The van der Waals surface area contributed by atoms with Gasteiger partial charge in [-0.25, -0.2) is 4.79 Å². The molecule has 1 aliphatic carbocycles. The molecular weight excluding hydrogens is 330 g/mol. The Morgan fingerprint density at radius 2 is 1.96 bits per heavy atom. The molecule has 1 aliphatic heterocycles. The molecule has 2 aliphatic rings. The van der Waals surface area contributed by atoms with E-state index in [9.17, 15) is 4.79 Å². The van der Waals surface area contributed by atoms with E-state index in [0.717, 1.165) is 48.7 Å². The van der Waals surface area contributed by atoms with Crippen LogP contribution in [0, 0.1) is 0 Å². The van der Waals surface area contributed by atoms with Crippen LogP contribution in [0.25, 0.3) is 11.0 Å². The molecule has 1 saturated carbocycles. The molecular formula is C19H23N5O2. The number of fused-ring (bicyclic) bond motifs is 1. The van der Waals surface area contributed by atoms with Gasteiger partial charge in [0.15, 0.2) is 5.82 Å². The summed E-state index contributed by atoms with van der Waals surface area (Å²) in [5, 5.41) is 4.13. The molecule has 0 radical (unpaired) electrons. The van der Waals surface area contributed by atoms with E-state index in [4.69, 9.17) is 4.52 Å². The second kappa shape index (κ2) is 6.09. The number of benzene rings is 1. The number of hydrogen-bond donors (Lipinski definition) is 1. The van der Waals surface area contributed by atoms with Gasteiger partial charge >= 0.3 is 5.69 Å².